The van der Waals surface area contributed by atoms with Crippen LogP contribution in [0.15, 0.2) is 36.4 Å². The highest BCUT2D eigenvalue weighted by molar-refractivity contribution is 6.14. The number of imide groups is 1. The van der Waals surface area contributed by atoms with Crippen LogP contribution < -0.4 is 21.3 Å². The minimum atomic E-state index is -0.553. The predicted octanol–water partition coefficient (Wildman–Crippen LogP) is 0.886. The van der Waals surface area contributed by atoms with E-state index in [1.165, 1.54) is 0 Å². The first kappa shape index (κ1) is 17.1. The molecular formula is C18H17N9O2. The van der Waals surface area contributed by atoms with Crippen LogP contribution in [0.25, 0.3) is 11.7 Å². The van der Waals surface area contributed by atoms with Crippen molar-refractivity contribution in [2.45, 2.75) is 25.4 Å². The van der Waals surface area contributed by atoms with Gasteiger partial charge in [0.05, 0.1) is 6.20 Å². The van der Waals surface area contributed by atoms with Crippen LogP contribution in [-0.4, -0.2) is 42.5 Å². The summed E-state index contributed by atoms with van der Waals surface area (Å²) >= 11 is 0. The Morgan fingerprint density at radius 2 is 2.10 bits per heavy atom. The van der Waals surface area contributed by atoms with Gasteiger partial charge in [0.1, 0.15) is 5.70 Å². The highest BCUT2D eigenvalue weighted by atomic mass is 16.2. The molecule has 2 fully saturated rings. The quantitative estimate of drug-likeness (QED) is 0.359. The van der Waals surface area contributed by atoms with E-state index in [1.54, 1.807) is 29.2 Å². The third-order valence-electron chi connectivity index (χ3n) is 4.50. The number of hydrogen-bond donors (Lipinski definition) is 4. The summed E-state index contributed by atoms with van der Waals surface area (Å²) < 4.78 is 1.59. The maximum absolute atomic E-state index is 11.8. The molecule has 4 heterocycles. The molecule has 3 amide bonds. The lowest BCUT2D eigenvalue weighted by Crippen LogP contribution is -2.22. The van der Waals surface area contributed by atoms with Crippen LogP contribution >= 0.6 is 0 Å². The molecule has 3 aromatic rings. The Morgan fingerprint density at radius 1 is 1.21 bits per heavy atom. The Hall–Kier alpha value is -4.02. The molecule has 146 valence electrons. The zero-order valence-corrected chi connectivity index (χ0v) is 15.2. The fourth-order valence-corrected chi connectivity index (χ4v) is 2.90. The zero-order valence-electron chi connectivity index (χ0n) is 15.2. The largest absolute Gasteiger partial charge is 0.351 e. The first-order valence-corrected chi connectivity index (χ1v) is 9.15. The van der Waals surface area contributed by atoms with Crippen LogP contribution in [0.2, 0.25) is 0 Å². The number of carbonyl (C=O) groups is 2. The molecule has 11 nitrogen and oxygen atoms in total. The van der Waals surface area contributed by atoms with Crippen LogP contribution in [0.5, 0.6) is 0 Å². The van der Waals surface area contributed by atoms with Gasteiger partial charge in [0, 0.05) is 30.5 Å². The summed E-state index contributed by atoms with van der Waals surface area (Å²) in [6.45, 7) is 0.510. The maximum atomic E-state index is 11.8. The van der Waals surface area contributed by atoms with Gasteiger partial charge in [0.15, 0.2) is 5.65 Å². The van der Waals surface area contributed by atoms with E-state index < -0.39 is 11.9 Å². The maximum Gasteiger partial charge on any atom is 0.326 e. The number of nitrogens with one attached hydrogen (secondary N) is 4. The monoisotopic (exact) mass is 391 g/mol. The number of rotatable bonds is 6. The van der Waals surface area contributed by atoms with Crippen molar-refractivity contribution in [3.8, 4) is 0 Å². The molecule has 1 aliphatic heterocycles. The van der Waals surface area contributed by atoms with E-state index >= 15 is 0 Å². The van der Waals surface area contributed by atoms with Gasteiger partial charge in [-0.15, -0.1) is 0 Å². The van der Waals surface area contributed by atoms with Crippen molar-refractivity contribution in [2.75, 3.05) is 10.6 Å². The predicted molar refractivity (Wildman–Crippen MR) is 104 cm³/mol. The molecule has 1 aliphatic carbocycles. The molecule has 1 saturated carbocycles. The first-order chi connectivity index (χ1) is 14.2. The van der Waals surface area contributed by atoms with Gasteiger partial charge < -0.3 is 16.0 Å². The van der Waals surface area contributed by atoms with Gasteiger partial charge in [-0.1, -0.05) is 6.07 Å². The van der Waals surface area contributed by atoms with Gasteiger partial charge in [0.2, 0.25) is 11.9 Å². The van der Waals surface area contributed by atoms with Gasteiger partial charge in [-0.2, -0.15) is 19.6 Å². The molecule has 5 rings (SSSR count). The number of amides is 3. The number of aromatic nitrogens is 5. The summed E-state index contributed by atoms with van der Waals surface area (Å²) in [6.07, 6.45) is 8.76. The topological polar surface area (TPSA) is 138 Å². The molecule has 0 spiro atoms. The average molecular weight is 391 g/mol. The number of fused-ring (bicyclic) bond motifs is 1. The summed E-state index contributed by atoms with van der Waals surface area (Å²) in [4.78, 5) is 36.4. The number of hydrogen-bond acceptors (Lipinski definition) is 8. The SMILES string of the molecule is O=C1NC(=O)/C(=C/c2cnn3c(NC4CC4)nc(NCc4cccnc4)nc23)N1. The smallest absolute Gasteiger partial charge is 0.326 e. The molecule has 0 atom stereocenters. The van der Waals surface area contributed by atoms with Gasteiger partial charge in [-0.05, 0) is 30.5 Å². The van der Waals surface area contributed by atoms with Gasteiger partial charge >= 0.3 is 6.03 Å². The molecule has 0 aromatic carbocycles. The Morgan fingerprint density at radius 3 is 2.83 bits per heavy atom. The first-order valence-electron chi connectivity index (χ1n) is 9.15. The van der Waals surface area contributed by atoms with Crippen LogP contribution in [0.3, 0.4) is 0 Å². The van der Waals surface area contributed by atoms with E-state index in [0.717, 1.165) is 18.4 Å². The zero-order chi connectivity index (χ0) is 19.8. The Bertz CT molecular complexity index is 1130. The lowest BCUT2D eigenvalue weighted by atomic mass is 10.2. The molecule has 1 saturated heterocycles. The summed E-state index contributed by atoms with van der Waals surface area (Å²) in [5.41, 5.74) is 2.24. The number of anilines is 2. The number of carbonyl (C=O) groups excluding carboxylic acids is 2. The number of pyridine rings is 1. The number of nitrogens with zero attached hydrogens (tertiary/aromatic N) is 5. The van der Waals surface area contributed by atoms with E-state index in [4.69, 9.17) is 0 Å². The van der Waals surface area contributed by atoms with Crippen molar-refractivity contribution < 1.29 is 9.59 Å². The standard InChI is InChI=1S/C18H17N9O2/c28-15-13(23-18(29)25-15)6-11-9-21-27-14(11)24-16(26-17(27)22-12-3-4-12)20-8-10-2-1-5-19-7-10/h1-2,5-7,9,12H,3-4,8H2,(H2,20,22,24,26)(H2,23,25,28,29)/b13-6-. The fourth-order valence-electron chi connectivity index (χ4n) is 2.90. The van der Waals surface area contributed by atoms with Crippen molar-refractivity contribution >= 4 is 35.6 Å². The fraction of sp³-hybridized carbons (Fsp3) is 0.222. The minimum Gasteiger partial charge on any atom is -0.351 e. The summed E-state index contributed by atoms with van der Waals surface area (Å²) in [7, 11) is 0. The van der Waals surface area contributed by atoms with Crippen molar-refractivity contribution in [3.05, 3.63) is 47.5 Å². The molecule has 4 N–H and O–H groups in total. The van der Waals surface area contributed by atoms with Gasteiger partial charge in [0.25, 0.3) is 5.91 Å². The van der Waals surface area contributed by atoms with Gasteiger partial charge in [-0.3, -0.25) is 15.1 Å². The van der Waals surface area contributed by atoms with Crippen molar-refractivity contribution in [1.82, 2.24) is 35.2 Å². The second-order valence-electron chi connectivity index (χ2n) is 6.81. The van der Waals surface area contributed by atoms with E-state index in [2.05, 4.69) is 41.3 Å². The van der Waals surface area contributed by atoms with E-state index in [1.807, 2.05) is 12.1 Å². The van der Waals surface area contributed by atoms with Crippen molar-refractivity contribution in [3.63, 3.8) is 0 Å². The Balaban J connectivity index is 1.51. The number of urea groups is 1. The molecule has 2 aliphatic rings. The Kier molecular flexibility index (Phi) is 4.04. The van der Waals surface area contributed by atoms with E-state index in [9.17, 15) is 9.59 Å². The molecule has 0 bridgehead atoms. The Labute approximate surface area is 164 Å². The lowest BCUT2D eigenvalue weighted by Gasteiger charge is -2.10. The van der Waals surface area contributed by atoms with Crippen LogP contribution in [0.1, 0.15) is 24.0 Å². The second kappa shape index (κ2) is 6.86. The molecule has 0 unspecified atom stereocenters. The molecule has 11 heteroatoms. The van der Waals surface area contributed by atoms with Gasteiger partial charge in [-0.25, -0.2) is 4.79 Å². The normalized spacial score (nSPS) is 17.4. The third kappa shape index (κ3) is 3.57. The average Bonchev–Trinajstić information content (AvgIpc) is 3.36. The van der Waals surface area contributed by atoms with Crippen LogP contribution in [-0.2, 0) is 11.3 Å². The molecule has 3 aromatic heterocycles. The van der Waals surface area contributed by atoms with Crippen molar-refractivity contribution in [2.24, 2.45) is 0 Å². The highest BCUT2D eigenvalue weighted by Crippen LogP contribution is 2.25. The molecular weight excluding hydrogens is 374 g/mol. The summed E-state index contributed by atoms with van der Waals surface area (Å²) in [6, 6.07) is 3.63. The van der Waals surface area contributed by atoms with Crippen LogP contribution in [0, 0.1) is 0 Å². The molecule has 0 radical (unpaired) electrons. The highest BCUT2D eigenvalue weighted by Gasteiger charge is 2.25. The van der Waals surface area contributed by atoms with E-state index in [-0.39, 0.29) is 5.70 Å². The van der Waals surface area contributed by atoms with Crippen molar-refractivity contribution in [1.29, 1.82) is 0 Å². The minimum absolute atomic E-state index is 0.144. The van der Waals surface area contributed by atoms with E-state index in [0.29, 0.717) is 35.7 Å². The summed E-state index contributed by atoms with van der Waals surface area (Å²) in [5.74, 6) is 0.495. The van der Waals surface area contributed by atoms with Crippen LogP contribution in [0.4, 0.5) is 16.7 Å². The molecule has 29 heavy (non-hydrogen) atoms. The third-order valence-corrected chi connectivity index (χ3v) is 4.50. The second-order valence-corrected chi connectivity index (χ2v) is 6.81. The summed E-state index contributed by atoms with van der Waals surface area (Å²) in [5, 5.41) is 15.5. The lowest BCUT2D eigenvalue weighted by molar-refractivity contribution is -0.115.